The third-order valence-corrected chi connectivity index (χ3v) is 4.14. The van der Waals surface area contributed by atoms with E-state index in [2.05, 4.69) is 51.5 Å². The summed E-state index contributed by atoms with van der Waals surface area (Å²) in [6.07, 6.45) is 0. The fourth-order valence-corrected chi connectivity index (χ4v) is 2.70. The van der Waals surface area contributed by atoms with Crippen LogP contribution in [0.15, 0.2) is 21.0 Å². The highest BCUT2D eigenvalue weighted by Gasteiger charge is 2.10. The standard InChI is InChI=1S/C16H25N5OS/c1-6-17-16(21(5)9-13-10-23-12(4)19-13)18-8-14-7-15(11(2)3)20-22-14/h7,10-11H,6,8-9H2,1-5H3,(H,17,18). The number of rotatable bonds is 6. The lowest BCUT2D eigenvalue weighted by molar-refractivity contribution is 0.375. The minimum absolute atomic E-state index is 0.361. The molecule has 0 spiro atoms. The third kappa shape index (κ3) is 5.06. The monoisotopic (exact) mass is 335 g/mol. The molecule has 0 aliphatic heterocycles. The van der Waals surface area contributed by atoms with E-state index in [-0.39, 0.29) is 0 Å². The van der Waals surface area contributed by atoms with Crippen LogP contribution < -0.4 is 5.32 Å². The van der Waals surface area contributed by atoms with E-state index in [1.165, 1.54) is 0 Å². The first-order valence-electron chi connectivity index (χ1n) is 7.85. The molecule has 0 aliphatic carbocycles. The Morgan fingerprint density at radius 3 is 2.83 bits per heavy atom. The molecule has 126 valence electrons. The van der Waals surface area contributed by atoms with Crippen molar-refractivity contribution in [1.29, 1.82) is 0 Å². The third-order valence-electron chi connectivity index (χ3n) is 3.32. The molecule has 2 rings (SSSR count). The first-order chi connectivity index (χ1) is 11.0. The second kappa shape index (κ2) is 8.10. The van der Waals surface area contributed by atoms with Crippen LogP contribution in [0.1, 0.15) is 48.8 Å². The SMILES string of the molecule is CCNC(=NCc1cc(C(C)C)no1)N(C)Cc1csc(C)n1. The topological polar surface area (TPSA) is 66.6 Å². The van der Waals surface area contributed by atoms with Gasteiger partial charge in [-0.25, -0.2) is 9.98 Å². The van der Waals surface area contributed by atoms with Crippen molar-refractivity contribution in [3.05, 3.63) is 33.6 Å². The van der Waals surface area contributed by atoms with Crippen molar-refractivity contribution in [2.24, 2.45) is 4.99 Å². The van der Waals surface area contributed by atoms with Crippen molar-refractivity contribution in [2.75, 3.05) is 13.6 Å². The zero-order chi connectivity index (χ0) is 16.8. The van der Waals surface area contributed by atoms with Crippen LogP contribution in [-0.2, 0) is 13.1 Å². The first-order valence-corrected chi connectivity index (χ1v) is 8.73. The van der Waals surface area contributed by atoms with Gasteiger partial charge in [0.2, 0.25) is 0 Å². The summed E-state index contributed by atoms with van der Waals surface area (Å²) in [7, 11) is 2.01. The number of aliphatic imine (C=N–C) groups is 1. The molecule has 6 nitrogen and oxygen atoms in total. The Bertz CT molecular complexity index is 646. The first kappa shape index (κ1) is 17.5. The van der Waals surface area contributed by atoms with Crippen LogP contribution in [0.5, 0.6) is 0 Å². The fraction of sp³-hybridized carbons (Fsp3) is 0.562. The quantitative estimate of drug-likeness (QED) is 0.649. The molecule has 7 heteroatoms. The summed E-state index contributed by atoms with van der Waals surface area (Å²) in [6, 6.07) is 1.97. The number of nitrogens with one attached hydrogen (secondary N) is 1. The van der Waals surface area contributed by atoms with Crippen molar-refractivity contribution in [2.45, 2.75) is 46.7 Å². The van der Waals surface area contributed by atoms with Crippen LogP contribution in [0.2, 0.25) is 0 Å². The second-order valence-electron chi connectivity index (χ2n) is 5.76. The molecule has 0 aromatic carbocycles. The molecule has 0 amide bonds. The largest absolute Gasteiger partial charge is 0.359 e. The molecular formula is C16H25N5OS. The lowest BCUT2D eigenvalue weighted by atomic mass is 10.1. The lowest BCUT2D eigenvalue weighted by Gasteiger charge is -2.20. The van der Waals surface area contributed by atoms with E-state index in [0.717, 1.165) is 41.2 Å². The maximum atomic E-state index is 5.34. The van der Waals surface area contributed by atoms with E-state index in [0.29, 0.717) is 12.5 Å². The summed E-state index contributed by atoms with van der Waals surface area (Å²) in [5.74, 6) is 1.97. The average molecular weight is 335 g/mol. The van der Waals surface area contributed by atoms with E-state index >= 15 is 0 Å². The van der Waals surface area contributed by atoms with Gasteiger partial charge in [-0.05, 0) is 19.8 Å². The number of thiazole rings is 1. The minimum atomic E-state index is 0.361. The molecule has 23 heavy (non-hydrogen) atoms. The van der Waals surface area contributed by atoms with Crippen LogP contribution in [0.3, 0.4) is 0 Å². The Hall–Kier alpha value is -1.89. The Labute approximate surface area is 141 Å². The highest BCUT2D eigenvalue weighted by molar-refractivity contribution is 7.09. The smallest absolute Gasteiger partial charge is 0.194 e. The molecule has 0 aliphatic rings. The molecule has 0 bridgehead atoms. The Morgan fingerprint density at radius 1 is 1.48 bits per heavy atom. The number of hydrogen-bond donors (Lipinski definition) is 1. The summed E-state index contributed by atoms with van der Waals surface area (Å²) in [5, 5.41) is 10.5. The van der Waals surface area contributed by atoms with Gasteiger partial charge in [0.05, 0.1) is 22.9 Å². The van der Waals surface area contributed by atoms with Crippen molar-refractivity contribution in [3.63, 3.8) is 0 Å². The summed E-state index contributed by atoms with van der Waals surface area (Å²) in [6.45, 7) is 10.3. The fourth-order valence-electron chi connectivity index (χ4n) is 2.10. The summed E-state index contributed by atoms with van der Waals surface area (Å²) in [4.78, 5) is 11.2. The summed E-state index contributed by atoms with van der Waals surface area (Å²) < 4.78 is 5.34. The predicted octanol–water partition coefficient (Wildman–Crippen LogP) is 3.16. The number of aromatic nitrogens is 2. The molecule has 0 atom stereocenters. The molecule has 2 heterocycles. The number of guanidine groups is 1. The van der Waals surface area contributed by atoms with Gasteiger partial charge in [-0.1, -0.05) is 19.0 Å². The van der Waals surface area contributed by atoms with Crippen LogP contribution in [0.25, 0.3) is 0 Å². The predicted molar refractivity (Wildman–Crippen MR) is 93.7 cm³/mol. The summed E-state index contributed by atoms with van der Waals surface area (Å²) in [5.41, 5.74) is 2.02. The zero-order valence-corrected chi connectivity index (χ0v) is 15.3. The van der Waals surface area contributed by atoms with Crippen LogP contribution in [0.4, 0.5) is 0 Å². The van der Waals surface area contributed by atoms with Gasteiger partial charge in [-0.2, -0.15) is 0 Å². The van der Waals surface area contributed by atoms with Crippen LogP contribution in [-0.4, -0.2) is 34.6 Å². The van der Waals surface area contributed by atoms with Crippen LogP contribution >= 0.6 is 11.3 Å². The molecule has 0 unspecified atom stereocenters. The van der Waals surface area contributed by atoms with Gasteiger partial charge in [0.25, 0.3) is 0 Å². The lowest BCUT2D eigenvalue weighted by Crippen LogP contribution is -2.38. The number of nitrogens with zero attached hydrogens (tertiary/aromatic N) is 4. The molecule has 2 aromatic rings. The molecule has 1 N–H and O–H groups in total. The van der Waals surface area contributed by atoms with Crippen LogP contribution in [0, 0.1) is 6.92 Å². The molecule has 2 aromatic heterocycles. The average Bonchev–Trinajstić information content (AvgIpc) is 3.12. The zero-order valence-electron chi connectivity index (χ0n) is 14.5. The van der Waals surface area contributed by atoms with Gasteiger partial charge >= 0.3 is 0 Å². The highest BCUT2D eigenvalue weighted by atomic mass is 32.1. The van der Waals surface area contributed by atoms with Gasteiger partial charge in [0.15, 0.2) is 11.7 Å². The van der Waals surface area contributed by atoms with Gasteiger partial charge in [0, 0.05) is 25.0 Å². The molecule has 0 saturated heterocycles. The number of aryl methyl sites for hydroxylation is 1. The van der Waals surface area contributed by atoms with E-state index in [4.69, 9.17) is 4.52 Å². The van der Waals surface area contributed by atoms with E-state index in [1.54, 1.807) is 11.3 Å². The van der Waals surface area contributed by atoms with Crippen molar-refractivity contribution in [3.8, 4) is 0 Å². The van der Waals surface area contributed by atoms with Gasteiger partial charge < -0.3 is 14.7 Å². The summed E-state index contributed by atoms with van der Waals surface area (Å²) >= 11 is 1.67. The van der Waals surface area contributed by atoms with Gasteiger partial charge in [-0.3, -0.25) is 0 Å². The van der Waals surface area contributed by atoms with E-state index in [9.17, 15) is 0 Å². The normalized spacial score (nSPS) is 12.0. The van der Waals surface area contributed by atoms with Crippen molar-refractivity contribution in [1.82, 2.24) is 20.4 Å². The Kier molecular flexibility index (Phi) is 6.15. The maximum absolute atomic E-state index is 5.34. The van der Waals surface area contributed by atoms with E-state index < -0.39 is 0 Å². The molecule has 0 saturated carbocycles. The molecule has 0 radical (unpaired) electrons. The van der Waals surface area contributed by atoms with E-state index in [1.807, 2.05) is 20.0 Å². The molecular weight excluding hydrogens is 310 g/mol. The highest BCUT2D eigenvalue weighted by Crippen LogP contribution is 2.15. The number of hydrogen-bond acceptors (Lipinski definition) is 5. The van der Waals surface area contributed by atoms with Crippen molar-refractivity contribution < 1.29 is 4.52 Å². The van der Waals surface area contributed by atoms with Gasteiger partial charge in [-0.15, -0.1) is 11.3 Å². The Morgan fingerprint density at radius 2 is 2.26 bits per heavy atom. The van der Waals surface area contributed by atoms with Gasteiger partial charge in [0.1, 0.15) is 6.54 Å². The Balaban J connectivity index is 2.03. The minimum Gasteiger partial charge on any atom is -0.359 e. The second-order valence-corrected chi connectivity index (χ2v) is 6.82. The molecule has 0 fully saturated rings. The maximum Gasteiger partial charge on any atom is 0.194 e. The van der Waals surface area contributed by atoms with Crippen molar-refractivity contribution >= 4 is 17.3 Å².